The van der Waals surface area contributed by atoms with E-state index < -0.39 is 11.7 Å². The average molecular weight is 431 g/mol. The zero-order valence-electron chi connectivity index (χ0n) is 14.5. The molecule has 0 spiro atoms. The van der Waals surface area contributed by atoms with Crippen LogP contribution in [0.3, 0.4) is 0 Å². The standard InChI is InChI=1S/C19H15Cl2F3N2O2/c20-15-3-1-2-14(16(15)21)18(28)26-10-8-25(9-11-26)17(27)12-4-6-13(7-5-12)19(22,23)24/h1-7H,8-11H2. The van der Waals surface area contributed by atoms with Crippen molar-refractivity contribution in [2.45, 2.75) is 6.18 Å². The number of halogens is 5. The summed E-state index contributed by atoms with van der Waals surface area (Å²) in [6.07, 6.45) is -4.45. The lowest BCUT2D eigenvalue weighted by Crippen LogP contribution is -2.50. The first-order valence-electron chi connectivity index (χ1n) is 8.38. The predicted octanol–water partition coefficient (Wildman–Crippen LogP) is 4.61. The number of benzene rings is 2. The third-order valence-electron chi connectivity index (χ3n) is 4.50. The third kappa shape index (κ3) is 4.25. The Labute approximate surface area is 169 Å². The minimum atomic E-state index is -4.45. The first-order chi connectivity index (χ1) is 13.2. The molecule has 0 N–H and O–H groups in total. The zero-order chi connectivity index (χ0) is 20.5. The fourth-order valence-corrected chi connectivity index (χ4v) is 3.32. The summed E-state index contributed by atoms with van der Waals surface area (Å²) in [5.41, 5.74) is -0.347. The summed E-state index contributed by atoms with van der Waals surface area (Å²) >= 11 is 12.0. The Kier molecular flexibility index (Phi) is 5.86. The van der Waals surface area contributed by atoms with Crippen LogP contribution < -0.4 is 0 Å². The highest BCUT2D eigenvalue weighted by atomic mass is 35.5. The molecule has 2 amide bonds. The van der Waals surface area contributed by atoms with Gasteiger partial charge >= 0.3 is 6.18 Å². The lowest BCUT2D eigenvalue weighted by molar-refractivity contribution is -0.137. The summed E-state index contributed by atoms with van der Waals surface area (Å²) in [7, 11) is 0. The quantitative estimate of drug-likeness (QED) is 0.697. The van der Waals surface area contributed by atoms with E-state index in [2.05, 4.69) is 0 Å². The topological polar surface area (TPSA) is 40.6 Å². The normalized spacial score (nSPS) is 14.9. The smallest absolute Gasteiger partial charge is 0.335 e. The molecule has 9 heteroatoms. The van der Waals surface area contributed by atoms with Gasteiger partial charge in [0, 0.05) is 31.7 Å². The molecule has 0 saturated carbocycles. The van der Waals surface area contributed by atoms with Crippen molar-refractivity contribution in [1.82, 2.24) is 9.80 Å². The van der Waals surface area contributed by atoms with Gasteiger partial charge in [0.1, 0.15) is 0 Å². The Balaban J connectivity index is 1.64. The maximum Gasteiger partial charge on any atom is 0.416 e. The molecule has 4 nitrogen and oxygen atoms in total. The van der Waals surface area contributed by atoms with Gasteiger partial charge in [-0.3, -0.25) is 9.59 Å². The van der Waals surface area contributed by atoms with Gasteiger partial charge in [0.25, 0.3) is 11.8 Å². The number of carbonyl (C=O) groups excluding carboxylic acids is 2. The number of nitrogens with zero attached hydrogens (tertiary/aromatic N) is 2. The molecule has 1 fully saturated rings. The number of amides is 2. The second-order valence-corrected chi connectivity index (χ2v) is 7.05. The Morgan fingerprint density at radius 1 is 0.821 bits per heavy atom. The van der Waals surface area contributed by atoms with Crippen LogP contribution in [0.1, 0.15) is 26.3 Å². The molecule has 1 aliphatic heterocycles. The van der Waals surface area contributed by atoms with Crippen LogP contribution in [0.4, 0.5) is 13.2 Å². The zero-order valence-corrected chi connectivity index (χ0v) is 16.0. The number of carbonyl (C=O) groups is 2. The highest BCUT2D eigenvalue weighted by Gasteiger charge is 2.31. The largest absolute Gasteiger partial charge is 0.416 e. The fraction of sp³-hybridized carbons (Fsp3) is 0.263. The van der Waals surface area contributed by atoms with Crippen LogP contribution in [-0.2, 0) is 6.18 Å². The summed E-state index contributed by atoms with van der Waals surface area (Å²) in [5, 5.41) is 0.459. The molecule has 0 atom stereocenters. The van der Waals surface area contributed by atoms with E-state index in [4.69, 9.17) is 23.2 Å². The molecule has 2 aromatic carbocycles. The summed E-state index contributed by atoms with van der Waals surface area (Å²) < 4.78 is 37.9. The third-order valence-corrected chi connectivity index (χ3v) is 5.31. The predicted molar refractivity (Wildman–Crippen MR) is 99.7 cm³/mol. The van der Waals surface area contributed by atoms with E-state index >= 15 is 0 Å². The fourth-order valence-electron chi connectivity index (χ4n) is 2.94. The van der Waals surface area contributed by atoms with Gasteiger partial charge in [0.2, 0.25) is 0 Å². The van der Waals surface area contributed by atoms with Gasteiger partial charge in [-0.05, 0) is 36.4 Å². The molecule has 1 heterocycles. The van der Waals surface area contributed by atoms with Gasteiger partial charge in [-0.1, -0.05) is 29.3 Å². The van der Waals surface area contributed by atoms with E-state index in [9.17, 15) is 22.8 Å². The van der Waals surface area contributed by atoms with Gasteiger partial charge in [-0.15, -0.1) is 0 Å². The number of hydrogen-bond acceptors (Lipinski definition) is 2. The van der Waals surface area contributed by atoms with Crippen LogP contribution in [0, 0.1) is 0 Å². The van der Waals surface area contributed by atoms with Crippen molar-refractivity contribution < 1.29 is 22.8 Å². The van der Waals surface area contributed by atoms with Crippen LogP contribution in [0.5, 0.6) is 0 Å². The lowest BCUT2D eigenvalue weighted by Gasteiger charge is -2.35. The highest BCUT2D eigenvalue weighted by Crippen LogP contribution is 2.29. The van der Waals surface area contributed by atoms with E-state index in [0.29, 0.717) is 0 Å². The monoisotopic (exact) mass is 430 g/mol. The van der Waals surface area contributed by atoms with Crippen LogP contribution in [-0.4, -0.2) is 47.8 Å². The first kappa shape index (κ1) is 20.5. The lowest BCUT2D eigenvalue weighted by atomic mass is 10.1. The molecular formula is C19H15Cl2F3N2O2. The maximum atomic E-state index is 12.6. The number of piperazine rings is 1. The Bertz CT molecular complexity index is 893. The van der Waals surface area contributed by atoms with Crippen LogP contribution in [0.2, 0.25) is 10.0 Å². The summed E-state index contributed by atoms with van der Waals surface area (Å²) in [6.45, 7) is 1.11. The second kappa shape index (κ2) is 8.01. The van der Waals surface area contributed by atoms with Crippen molar-refractivity contribution in [3.05, 3.63) is 69.2 Å². The average Bonchev–Trinajstić information content (AvgIpc) is 2.68. The molecule has 28 heavy (non-hydrogen) atoms. The molecule has 0 aromatic heterocycles. The number of hydrogen-bond donors (Lipinski definition) is 0. The maximum absolute atomic E-state index is 12.6. The molecule has 0 bridgehead atoms. The van der Waals surface area contributed by atoms with Crippen molar-refractivity contribution in [2.75, 3.05) is 26.2 Å². The van der Waals surface area contributed by atoms with Gasteiger partial charge in [-0.25, -0.2) is 0 Å². The molecule has 2 aromatic rings. The number of rotatable bonds is 2. The van der Waals surface area contributed by atoms with Gasteiger partial charge in [0.05, 0.1) is 21.2 Å². The Hall–Kier alpha value is -2.25. The van der Waals surface area contributed by atoms with Gasteiger partial charge in [-0.2, -0.15) is 13.2 Å². The van der Waals surface area contributed by atoms with Crippen molar-refractivity contribution in [3.63, 3.8) is 0 Å². The van der Waals surface area contributed by atoms with Crippen LogP contribution in [0.25, 0.3) is 0 Å². The molecule has 0 radical (unpaired) electrons. The van der Waals surface area contributed by atoms with E-state index in [0.717, 1.165) is 24.3 Å². The Morgan fingerprint density at radius 3 is 1.89 bits per heavy atom. The van der Waals surface area contributed by atoms with E-state index in [-0.39, 0.29) is 59.2 Å². The molecule has 148 valence electrons. The van der Waals surface area contributed by atoms with Gasteiger partial charge in [0.15, 0.2) is 0 Å². The molecule has 1 aliphatic rings. The molecule has 0 aliphatic carbocycles. The van der Waals surface area contributed by atoms with E-state index in [1.165, 1.54) is 4.90 Å². The van der Waals surface area contributed by atoms with Crippen molar-refractivity contribution in [3.8, 4) is 0 Å². The van der Waals surface area contributed by atoms with E-state index in [1.54, 1.807) is 23.1 Å². The first-order valence-corrected chi connectivity index (χ1v) is 9.14. The van der Waals surface area contributed by atoms with Crippen molar-refractivity contribution in [1.29, 1.82) is 0 Å². The second-order valence-electron chi connectivity index (χ2n) is 6.26. The highest BCUT2D eigenvalue weighted by molar-refractivity contribution is 6.43. The Morgan fingerprint density at radius 2 is 1.36 bits per heavy atom. The van der Waals surface area contributed by atoms with Crippen molar-refractivity contribution in [2.24, 2.45) is 0 Å². The summed E-state index contributed by atoms with van der Waals surface area (Å²) in [5.74, 6) is -0.657. The van der Waals surface area contributed by atoms with Crippen LogP contribution >= 0.6 is 23.2 Å². The van der Waals surface area contributed by atoms with Gasteiger partial charge < -0.3 is 9.80 Å². The minimum absolute atomic E-state index is 0.172. The summed E-state index contributed by atoms with van der Waals surface area (Å²) in [4.78, 5) is 28.2. The molecule has 1 saturated heterocycles. The molecular weight excluding hydrogens is 416 g/mol. The molecule has 3 rings (SSSR count). The molecule has 0 unspecified atom stereocenters. The summed E-state index contributed by atoms with van der Waals surface area (Å²) in [6, 6.07) is 8.88. The van der Waals surface area contributed by atoms with E-state index in [1.807, 2.05) is 0 Å². The SMILES string of the molecule is O=C(c1ccc(C(F)(F)F)cc1)N1CCN(C(=O)c2cccc(Cl)c2Cl)CC1. The minimum Gasteiger partial charge on any atom is -0.335 e. The van der Waals surface area contributed by atoms with Crippen molar-refractivity contribution >= 4 is 35.0 Å². The number of alkyl halides is 3. The van der Waals surface area contributed by atoms with Crippen LogP contribution in [0.15, 0.2) is 42.5 Å².